The van der Waals surface area contributed by atoms with Crippen molar-refractivity contribution in [2.45, 2.75) is 24.8 Å². The van der Waals surface area contributed by atoms with Crippen LogP contribution in [0, 0.1) is 11.3 Å². The average molecular weight is 530 g/mol. The van der Waals surface area contributed by atoms with Crippen molar-refractivity contribution in [1.29, 1.82) is 5.26 Å². The molecule has 3 rings (SSSR count). The molecule has 0 unspecified atom stereocenters. The number of halogens is 2. The van der Waals surface area contributed by atoms with Crippen molar-refractivity contribution in [2.24, 2.45) is 0 Å². The predicted molar refractivity (Wildman–Crippen MR) is 141 cm³/mol. The van der Waals surface area contributed by atoms with Gasteiger partial charge in [0, 0.05) is 17.8 Å². The second-order valence-corrected chi connectivity index (χ2v) is 11.4. The summed E-state index contributed by atoms with van der Waals surface area (Å²) in [6, 6.07) is 17.2. The molecule has 0 saturated heterocycles. The number of hydrogen-bond acceptors (Lipinski definition) is 5. The molecule has 0 bridgehead atoms. The van der Waals surface area contributed by atoms with Crippen molar-refractivity contribution in [3.05, 3.63) is 81.3 Å². The maximum atomic E-state index is 12.6. The Labute approximate surface area is 216 Å². The van der Waals surface area contributed by atoms with Crippen molar-refractivity contribution in [2.75, 3.05) is 25.2 Å². The van der Waals surface area contributed by atoms with Crippen LogP contribution >= 0.6 is 23.2 Å². The van der Waals surface area contributed by atoms with Gasteiger partial charge in [-0.15, -0.1) is 0 Å². The van der Waals surface area contributed by atoms with Crippen molar-refractivity contribution >= 4 is 44.6 Å². The van der Waals surface area contributed by atoms with E-state index in [-0.39, 0.29) is 23.0 Å². The molecule has 0 heterocycles. The minimum absolute atomic E-state index is 0.0163. The van der Waals surface area contributed by atoms with Crippen molar-refractivity contribution in [3.63, 3.8) is 0 Å². The van der Waals surface area contributed by atoms with Crippen LogP contribution in [0.3, 0.4) is 0 Å². The molecule has 0 fully saturated rings. The van der Waals surface area contributed by atoms with E-state index in [0.29, 0.717) is 44.5 Å². The van der Waals surface area contributed by atoms with Crippen molar-refractivity contribution < 1.29 is 13.2 Å². The summed E-state index contributed by atoms with van der Waals surface area (Å²) in [7, 11) is 0.574. The fourth-order valence-electron chi connectivity index (χ4n) is 3.61. The summed E-state index contributed by atoms with van der Waals surface area (Å²) in [5.74, 6) is -0.279. The zero-order chi connectivity index (χ0) is 25.8. The minimum Gasteiger partial charge on any atom is -0.326 e. The van der Waals surface area contributed by atoms with Gasteiger partial charge in [0.2, 0.25) is 5.91 Å². The summed E-state index contributed by atoms with van der Waals surface area (Å²) in [6.07, 6.45) is 0.0578. The predicted octanol–water partition coefficient (Wildman–Crippen LogP) is 5.57. The molecule has 182 valence electrons. The summed E-state index contributed by atoms with van der Waals surface area (Å²) in [6.45, 7) is 2.22. The highest BCUT2D eigenvalue weighted by molar-refractivity contribution is 7.91. The van der Waals surface area contributed by atoms with Gasteiger partial charge in [-0.05, 0) is 61.1 Å². The zero-order valence-corrected chi connectivity index (χ0v) is 21.9. The van der Waals surface area contributed by atoms with Gasteiger partial charge in [0.15, 0.2) is 9.84 Å². The van der Waals surface area contributed by atoms with Crippen LogP contribution in [-0.2, 0) is 27.6 Å². The van der Waals surface area contributed by atoms with Gasteiger partial charge in [-0.3, -0.25) is 4.79 Å². The third-order valence-corrected chi connectivity index (χ3v) is 7.71. The molecule has 0 radical (unpaired) electrons. The number of carbonyl (C=O) groups excluding carboxylic acids is 1. The first-order chi connectivity index (χ1) is 16.5. The first-order valence-electron chi connectivity index (χ1n) is 10.8. The topological polar surface area (TPSA) is 90.3 Å². The molecule has 0 aromatic heterocycles. The average Bonchev–Trinajstić information content (AvgIpc) is 2.79. The lowest BCUT2D eigenvalue weighted by molar-refractivity contribution is -0.115. The Morgan fingerprint density at radius 2 is 1.66 bits per heavy atom. The van der Waals surface area contributed by atoms with Crippen LogP contribution in [-0.4, -0.2) is 39.1 Å². The number of rotatable bonds is 8. The van der Waals surface area contributed by atoms with Gasteiger partial charge in [0.05, 0.1) is 38.7 Å². The lowest BCUT2D eigenvalue weighted by atomic mass is 9.99. The fourth-order valence-corrected chi connectivity index (χ4v) is 5.20. The molecule has 6 nitrogen and oxygen atoms in total. The summed E-state index contributed by atoms with van der Waals surface area (Å²) in [4.78, 5) is 14.8. The van der Waals surface area contributed by atoms with Crippen LogP contribution in [0.4, 0.5) is 5.69 Å². The molecule has 0 saturated carbocycles. The molecule has 1 N–H and O–H groups in total. The normalized spacial score (nSPS) is 11.3. The summed E-state index contributed by atoms with van der Waals surface area (Å²) < 4.78 is 23.9. The van der Waals surface area contributed by atoms with E-state index in [2.05, 4.69) is 11.4 Å². The van der Waals surface area contributed by atoms with Crippen LogP contribution in [0.25, 0.3) is 11.1 Å². The van der Waals surface area contributed by atoms with Crippen LogP contribution in [0.15, 0.2) is 59.5 Å². The Kier molecular flexibility index (Phi) is 8.57. The molecule has 3 aromatic rings. The molecule has 0 spiro atoms. The van der Waals surface area contributed by atoms with Gasteiger partial charge in [-0.1, -0.05) is 54.4 Å². The molecular weight excluding hydrogens is 505 g/mol. The maximum Gasteiger partial charge on any atom is 0.228 e. The van der Waals surface area contributed by atoms with E-state index >= 15 is 0 Å². The van der Waals surface area contributed by atoms with Crippen LogP contribution in [0.5, 0.6) is 0 Å². The van der Waals surface area contributed by atoms with Crippen LogP contribution in [0.2, 0.25) is 10.0 Å². The van der Waals surface area contributed by atoms with Gasteiger partial charge in [0.1, 0.15) is 0 Å². The number of hydrogen-bond donors (Lipinski definition) is 1. The van der Waals surface area contributed by atoms with Crippen molar-refractivity contribution in [1.82, 2.24) is 4.90 Å². The van der Waals surface area contributed by atoms with E-state index < -0.39 is 9.84 Å². The monoisotopic (exact) mass is 529 g/mol. The molecule has 9 heteroatoms. The number of nitrogens with zero attached hydrogens (tertiary/aromatic N) is 2. The number of benzene rings is 3. The molecule has 3 aromatic carbocycles. The Hall–Kier alpha value is -2.89. The molecule has 35 heavy (non-hydrogen) atoms. The molecular formula is C26H25Cl2N3O3S. The second kappa shape index (κ2) is 11.2. The second-order valence-electron chi connectivity index (χ2n) is 8.31. The standard InChI is InChI=1S/C26H25Cl2N3O3S/c1-4-35(33,34)22-9-5-17(6-10-22)11-25(32)30-21-13-23(27)26(24(28)14-21)18-7-8-19(16-31(2)3)20(12-18)15-29/h5-10,12-14H,4,11,16H2,1-3H3,(H,30,32). The summed E-state index contributed by atoms with van der Waals surface area (Å²) in [5.41, 5.74) is 3.83. The Balaban J connectivity index is 1.78. The number of nitrogens with one attached hydrogen (secondary N) is 1. The fraction of sp³-hybridized carbons (Fsp3) is 0.231. The van der Waals surface area contributed by atoms with Gasteiger partial charge in [-0.25, -0.2) is 8.42 Å². The highest BCUT2D eigenvalue weighted by Gasteiger charge is 2.15. The molecule has 0 aliphatic heterocycles. The summed E-state index contributed by atoms with van der Waals surface area (Å²) >= 11 is 13.0. The first-order valence-corrected chi connectivity index (χ1v) is 13.2. The highest BCUT2D eigenvalue weighted by Crippen LogP contribution is 2.38. The zero-order valence-electron chi connectivity index (χ0n) is 19.6. The van der Waals surface area contributed by atoms with E-state index in [1.165, 1.54) is 12.1 Å². The highest BCUT2D eigenvalue weighted by atomic mass is 35.5. The van der Waals surface area contributed by atoms with Gasteiger partial charge in [-0.2, -0.15) is 5.26 Å². The largest absolute Gasteiger partial charge is 0.326 e. The van der Waals surface area contributed by atoms with Gasteiger partial charge in [0.25, 0.3) is 0 Å². The SMILES string of the molecule is CCS(=O)(=O)c1ccc(CC(=O)Nc2cc(Cl)c(-c3ccc(CN(C)C)c(C#N)c3)c(Cl)c2)cc1. The Morgan fingerprint density at radius 3 is 2.20 bits per heavy atom. The van der Waals surface area contributed by atoms with E-state index in [4.69, 9.17) is 23.2 Å². The summed E-state index contributed by atoms with van der Waals surface area (Å²) in [5, 5.41) is 13.0. The van der Waals surface area contributed by atoms with E-state index in [1.54, 1.807) is 37.3 Å². The molecule has 0 atom stereocenters. The number of sulfone groups is 1. The number of carbonyl (C=O) groups is 1. The lowest BCUT2D eigenvalue weighted by Crippen LogP contribution is -2.14. The number of nitriles is 1. The number of anilines is 1. The Morgan fingerprint density at radius 1 is 1.03 bits per heavy atom. The van der Waals surface area contributed by atoms with E-state index in [1.807, 2.05) is 31.1 Å². The van der Waals surface area contributed by atoms with Gasteiger partial charge >= 0.3 is 0 Å². The Bertz CT molecular complexity index is 1370. The molecule has 1 amide bonds. The van der Waals surface area contributed by atoms with E-state index in [0.717, 1.165) is 5.56 Å². The number of amides is 1. The quantitative estimate of drug-likeness (QED) is 0.411. The lowest BCUT2D eigenvalue weighted by Gasteiger charge is -2.15. The van der Waals surface area contributed by atoms with Gasteiger partial charge < -0.3 is 10.2 Å². The van der Waals surface area contributed by atoms with Crippen molar-refractivity contribution in [3.8, 4) is 17.2 Å². The first kappa shape index (κ1) is 26.7. The smallest absolute Gasteiger partial charge is 0.228 e. The minimum atomic E-state index is -3.29. The van der Waals surface area contributed by atoms with Crippen LogP contribution in [0.1, 0.15) is 23.6 Å². The van der Waals surface area contributed by atoms with Crippen LogP contribution < -0.4 is 5.32 Å². The molecule has 0 aliphatic rings. The third kappa shape index (κ3) is 6.62. The maximum absolute atomic E-state index is 12.6. The third-order valence-electron chi connectivity index (χ3n) is 5.36. The van der Waals surface area contributed by atoms with E-state index in [9.17, 15) is 18.5 Å². The molecule has 0 aliphatic carbocycles.